The molecule has 154 valence electrons. The lowest BCUT2D eigenvalue weighted by Crippen LogP contribution is -2.20. The highest BCUT2D eigenvalue weighted by molar-refractivity contribution is 7.99. The topological polar surface area (TPSA) is 93.7 Å². The van der Waals surface area contributed by atoms with Crippen molar-refractivity contribution >= 4 is 42.5 Å². The predicted molar refractivity (Wildman–Crippen MR) is 121 cm³/mol. The van der Waals surface area contributed by atoms with Crippen LogP contribution < -0.4 is 14.8 Å². The lowest BCUT2D eigenvalue weighted by atomic mass is 10.2. The number of sulfonamides is 1. The molecule has 4 rings (SSSR count). The second-order valence-corrected chi connectivity index (χ2v) is 9.37. The van der Waals surface area contributed by atoms with Gasteiger partial charge in [0.1, 0.15) is 5.00 Å². The smallest absolute Gasteiger partial charge is 0.181 e. The minimum absolute atomic E-state index is 0.0826. The summed E-state index contributed by atoms with van der Waals surface area (Å²) in [7, 11) is -2.19. The van der Waals surface area contributed by atoms with Crippen molar-refractivity contribution in [1.29, 1.82) is 0 Å². The number of anilines is 2. The Hall–Kier alpha value is -3.07. The molecule has 1 atom stereocenters. The second-order valence-electron chi connectivity index (χ2n) is 6.60. The molecule has 0 amide bonds. The van der Waals surface area contributed by atoms with Gasteiger partial charge >= 0.3 is 0 Å². The summed E-state index contributed by atoms with van der Waals surface area (Å²) in [6, 6.07) is 21.3. The van der Waals surface area contributed by atoms with Crippen LogP contribution in [0.4, 0.5) is 10.7 Å². The van der Waals surface area contributed by atoms with E-state index in [0.717, 1.165) is 15.8 Å². The van der Waals surface area contributed by atoms with E-state index in [1.807, 2.05) is 30.3 Å². The van der Waals surface area contributed by atoms with E-state index in [2.05, 4.69) is 10.0 Å². The molecule has 1 heterocycles. The number of nitrogens with one attached hydrogen (secondary N) is 2. The van der Waals surface area contributed by atoms with Crippen LogP contribution in [-0.2, 0) is 21.2 Å². The van der Waals surface area contributed by atoms with Gasteiger partial charge in [0.15, 0.2) is 26.8 Å². The molecule has 0 fully saturated rings. The Balaban J connectivity index is 1.45. The fourth-order valence-electron chi connectivity index (χ4n) is 3.05. The molecule has 0 radical (unpaired) electrons. The molecule has 0 saturated heterocycles. The summed E-state index contributed by atoms with van der Waals surface area (Å²) in [6.45, 7) is 0.370. The SMILES string of the molecule is COc1cccc(CNc2ccc([S+](=O)([O-])Nc3cc4ccccc4s3)cc2)c1O. The van der Waals surface area contributed by atoms with E-state index in [0.29, 0.717) is 22.9 Å². The Morgan fingerprint density at radius 2 is 1.83 bits per heavy atom. The van der Waals surface area contributed by atoms with Crippen molar-refractivity contribution in [2.45, 2.75) is 11.4 Å². The van der Waals surface area contributed by atoms with Crippen LogP contribution in [-0.4, -0.2) is 16.8 Å². The Kier molecular flexibility index (Phi) is 5.63. The molecule has 4 aromatic rings. The average molecular weight is 441 g/mol. The number of hydrogen-bond donors (Lipinski definition) is 3. The first-order valence-electron chi connectivity index (χ1n) is 9.16. The number of hydrogen-bond acceptors (Lipinski definition) is 6. The van der Waals surface area contributed by atoms with Gasteiger partial charge in [0, 0.05) is 22.5 Å². The zero-order valence-electron chi connectivity index (χ0n) is 16.1. The van der Waals surface area contributed by atoms with Gasteiger partial charge in [-0.1, -0.05) is 34.5 Å². The fourth-order valence-corrected chi connectivity index (χ4v) is 5.29. The van der Waals surface area contributed by atoms with Crippen LogP contribution in [0.3, 0.4) is 0 Å². The normalized spacial score (nSPS) is 13.0. The van der Waals surface area contributed by atoms with Crippen molar-refractivity contribution < 1.29 is 18.6 Å². The minimum atomic E-state index is -3.68. The van der Waals surface area contributed by atoms with Crippen LogP contribution in [0.5, 0.6) is 11.5 Å². The molecule has 8 heteroatoms. The van der Waals surface area contributed by atoms with Crippen LogP contribution in [0.25, 0.3) is 10.1 Å². The van der Waals surface area contributed by atoms with Gasteiger partial charge in [-0.2, -0.15) is 4.72 Å². The van der Waals surface area contributed by atoms with Gasteiger partial charge in [-0.3, -0.25) is 0 Å². The number of phenolic OH excluding ortho intramolecular Hbond substituents is 1. The lowest BCUT2D eigenvalue weighted by molar-refractivity contribution is 0.371. The van der Waals surface area contributed by atoms with Gasteiger partial charge in [0.25, 0.3) is 0 Å². The number of methoxy groups -OCH3 is 1. The number of rotatable bonds is 7. The highest BCUT2D eigenvalue weighted by atomic mass is 32.3. The molecule has 0 aliphatic rings. The summed E-state index contributed by atoms with van der Waals surface area (Å²) >= 11 is 1.40. The zero-order valence-corrected chi connectivity index (χ0v) is 17.8. The highest BCUT2D eigenvalue weighted by Crippen LogP contribution is 2.33. The Morgan fingerprint density at radius 1 is 1.07 bits per heavy atom. The second kappa shape index (κ2) is 8.35. The van der Waals surface area contributed by atoms with Gasteiger partial charge in [0.2, 0.25) is 0 Å². The van der Waals surface area contributed by atoms with Crippen LogP contribution in [0, 0.1) is 0 Å². The average Bonchev–Trinajstić information content (AvgIpc) is 3.15. The Labute approximate surface area is 179 Å². The molecule has 30 heavy (non-hydrogen) atoms. The first kappa shape index (κ1) is 20.2. The number of para-hydroxylation sites is 1. The standard InChI is InChI=1S/C22H20N2O4S2/c1-28-19-7-4-6-16(22(19)25)14-23-17-9-11-18(12-10-17)30(26,27)24-21-13-15-5-2-3-8-20(15)29-21/h2-13H,14H2,1H3,(H3-,23,24,25,26,27). The maximum absolute atomic E-state index is 12.7. The van der Waals surface area contributed by atoms with Crippen LogP contribution in [0.15, 0.2) is 77.7 Å². The first-order valence-corrected chi connectivity index (χ1v) is 11.5. The molecular formula is C22H20N2O4S2. The molecule has 0 spiro atoms. The third-order valence-electron chi connectivity index (χ3n) is 4.61. The summed E-state index contributed by atoms with van der Waals surface area (Å²) in [4.78, 5) is 0.176. The number of thiophene rings is 1. The van der Waals surface area contributed by atoms with Crippen LogP contribution >= 0.6 is 11.3 Å². The van der Waals surface area contributed by atoms with E-state index in [1.54, 1.807) is 42.5 Å². The van der Waals surface area contributed by atoms with E-state index in [9.17, 15) is 13.9 Å². The summed E-state index contributed by atoms with van der Waals surface area (Å²) in [5.41, 5.74) is 1.41. The van der Waals surface area contributed by atoms with E-state index in [4.69, 9.17) is 4.74 Å². The zero-order chi connectivity index (χ0) is 21.1. The van der Waals surface area contributed by atoms with E-state index < -0.39 is 10.4 Å². The molecule has 3 N–H and O–H groups in total. The Bertz CT molecular complexity index is 1190. The lowest BCUT2D eigenvalue weighted by Gasteiger charge is -2.15. The maximum Gasteiger partial charge on any atom is 0.181 e. The largest absolute Gasteiger partial charge is 0.588 e. The van der Waals surface area contributed by atoms with Gasteiger partial charge in [0.05, 0.1) is 7.11 Å². The molecule has 3 aromatic carbocycles. The van der Waals surface area contributed by atoms with E-state index in [1.165, 1.54) is 18.4 Å². The molecule has 0 saturated carbocycles. The molecule has 0 aliphatic heterocycles. The Morgan fingerprint density at radius 3 is 2.57 bits per heavy atom. The third kappa shape index (κ3) is 4.25. The van der Waals surface area contributed by atoms with Crippen molar-refractivity contribution in [3.63, 3.8) is 0 Å². The van der Waals surface area contributed by atoms with Gasteiger partial charge in [-0.25, -0.2) is 0 Å². The van der Waals surface area contributed by atoms with Crippen molar-refractivity contribution in [2.75, 3.05) is 17.1 Å². The van der Waals surface area contributed by atoms with Crippen molar-refractivity contribution in [3.8, 4) is 11.5 Å². The minimum Gasteiger partial charge on any atom is -0.588 e. The first-order chi connectivity index (χ1) is 14.5. The summed E-state index contributed by atoms with van der Waals surface area (Å²) in [6.07, 6.45) is 0. The van der Waals surface area contributed by atoms with Gasteiger partial charge in [-0.05, 0) is 47.9 Å². The highest BCUT2D eigenvalue weighted by Gasteiger charge is 2.21. The summed E-state index contributed by atoms with van der Waals surface area (Å²) in [5.74, 6) is 0.488. The van der Waals surface area contributed by atoms with Crippen LogP contribution in [0.2, 0.25) is 0 Å². The number of aromatic hydroxyl groups is 1. The number of phenols is 1. The van der Waals surface area contributed by atoms with Crippen LogP contribution in [0.1, 0.15) is 5.56 Å². The predicted octanol–water partition coefficient (Wildman–Crippen LogP) is 5.24. The van der Waals surface area contributed by atoms with Crippen molar-refractivity contribution in [2.24, 2.45) is 0 Å². The molecule has 0 bridgehead atoms. The molecular weight excluding hydrogens is 420 g/mol. The summed E-state index contributed by atoms with van der Waals surface area (Å²) < 4.78 is 34.2. The quantitative estimate of drug-likeness (QED) is 0.342. The van der Waals surface area contributed by atoms with E-state index >= 15 is 0 Å². The van der Waals surface area contributed by atoms with Gasteiger partial charge in [-0.15, -0.1) is 11.3 Å². The number of ether oxygens (including phenoxy) is 1. The maximum atomic E-state index is 12.7. The molecule has 6 nitrogen and oxygen atoms in total. The number of benzene rings is 3. The van der Waals surface area contributed by atoms with Gasteiger partial charge < -0.3 is 19.7 Å². The van der Waals surface area contributed by atoms with Crippen molar-refractivity contribution in [1.82, 2.24) is 0 Å². The van der Waals surface area contributed by atoms with Crippen molar-refractivity contribution in [3.05, 3.63) is 78.4 Å². The number of fused-ring (bicyclic) bond motifs is 1. The molecule has 0 aliphatic carbocycles. The monoisotopic (exact) mass is 440 g/mol. The van der Waals surface area contributed by atoms with E-state index in [-0.39, 0.29) is 10.6 Å². The molecule has 1 aromatic heterocycles. The molecule has 1 unspecified atom stereocenters. The fraction of sp³-hybridized carbons (Fsp3) is 0.0909. The third-order valence-corrected chi connectivity index (χ3v) is 7.15. The summed E-state index contributed by atoms with van der Waals surface area (Å²) in [5, 5.41) is 14.9.